The SMILES string of the molecule is NCCCCCN(Cc1ccc(C2=NCCN2)cc1)C(=O)CO. The molecule has 1 heterocycles. The number of benzene rings is 1. The van der Waals surface area contributed by atoms with E-state index in [0.29, 0.717) is 19.6 Å². The normalized spacial score (nSPS) is 13.6. The van der Waals surface area contributed by atoms with Crippen molar-refractivity contribution in [2.24, 2.45) is 10.7 Å². The lowest BCUT2D eigenvalue weighted by Crippen LogP contribution is -2.33. The number of hydrogen-bond acceptors (Lipinski definition) is 5. The number of aliphatic hydroxyl groups excluding tert-OH is 1. The number of carbonyl (C=O) groups excluding carboxylic acids is 1. The third kappa shape index (κ3) is 5.33. The summed E-state index contributed by atoms with van der Waals surface area (Å²) in [5.74, 6) is 0.699. The van der Waals surface area contributed by atoms with Gasteiger partial charge in [0, 0.05) is 25.2 Å². The van der Waals surface area contributed by atoms with E-state index in [4.69, 9.17) is 10.8 Å². The molecule has 23 heavy (non-hydrogen) atoms. The summed E-state index contributed by atoms with van der Waals surface area (Å²) in [7, 11) is 0. The molecule has 0 spiro atoms. The molecule has 6 heteroatoms. The number of amidine groups is 1. The van der Waals surface area contributed by atoms with Crippen LogP contribution in [0.1, 0.15) is 30.4 Å². The number of aliphatic hydroxyl groups is 1. The minimum atomic E-state index is -0.449. The molecular weight excluding hydrogens is 292 g/mol. The Bertz CT molecular complexity index is 528. The summed E-state index contributed by atoms with van der Waals surface area (Å²) in [6, 6.07) is 8.05. The number of nitrogens with two attached hydrogens (primary N) is 1. The number of unbranched alkanes of at least 4 members (excludes halogenated alkanes) is 2. The van der Waals surface area contributed by atoms with Gasteiger partial charge in [-0.15, -0.1) is 0 Å². The number of nitrogens with zero attached hydrogens (tertiary/aromatic N) is 2. The van der Waals surface area contributed by atoms with E-state index in [1.807, 2.05) is 24.3 Å². The Morgan fingerprint density at radius 3 is 2.65 bits per heavy atom. The Hall–Kier alpha value is -1.92. The van der Waals surface area contributed by atoms with Crippen LogP contribution >= 0.6 is 0 Å². The van der Waals surface area contributed by atoms with Crippen LogP contribution < -0.4 is 11.1 Å². The van der Waals surface area contributed by atoms with E-state index in [1.54, 1.807) is 4.90 Å². The lowest BCUT2D eigenvalue weighted by atomic mass is 10.1. The Morgan fingerprint density at radius 2 is 2.04 bits per heavy atom. The van der Waals surface area contributed by atoms with E-state index in [0.717, 1.165) is 49.3 Å². The summed E-state index contributed by atoms with van der Waals surface area (Å²) in [6.45, 7) is 3.10. The number of aliphatic imine (C=N–C) groups is 1. The number of amides is 1. The largest absolute Gasteiger partial charge is 0.387 e. The first-order valence-electron chi connectivity index (χ1n) is 8.21. The standard InChI is InChI=1S/C17H26N4O2/c18-8-2-1-3-11-21(16(23)13-22)12-14-4-6-15(7-5-14)17-19-9-10-20-17/h4-7,22H,1-3,8-13,18H2,(H,19,20). The van der Waals surface area contributed by atoms with Crippen molar-refractivity contribution in [2.75, 3.05) is 32.8 Å². The second kappa shape index (κ2) is 9.27. The van der Waals surface area contributed by atoms with Crippen molar-refractivity contribution in [2.45, 2.75) is 25.8 Å². The maximum absolute atomic E-state index is 11.9. The van der Waals surface area contributed by atoms with Gasteiger partial charge in [-0.3, -0.25) is 9.79 Å². The molecule has 1 amide bonds. The number of hydrogen-bond donors (Lipinski definition) is 3. The summed E-state index contributed by atoms with van der Waals surface area (Å²) in [5.41, 5.74) is 7.60. The first kappa shape index (κ1) is 17.4. The van der Waals surface area contributed by atoms with Crippen LogP contribution in [-0.2, 0) is 11.3 Å². The molecule has 6 nitrogen and oxygen atoms in total. The zero-order valence-corrected chi connectivity index (χ0v) is 13.5. The van der Waals surface area contributed by atoms with Crippen molar-refractivity contribution in [3.8, 4) is 0 Å². The third-order valence-corrected chi connectivity index (χ3v) is 3.90. The Morgan fingerprint density at radius 1 is 1.26 bits per heavy atom. The van der Waals surface area contributed by atoms with E-state index in [-0.39, 0.29) is 5.91 Å². The van der Waals surface area contributed by atoms with Gasteiger partial charge in [-0.05, 0) is 24.9 Å². The van der Waals surface area contributed by atoms with E-state index in [2.05, 4.69) is 10.3 Å². The van der Waals surface area contributed by atoms with Gasteiger partial charge in [0.25, 0.3) is 0 Å². The van der Waals surface area contributed by atoms with Crippen LogP contribution in [0.2, 0.25) is 0 Å². The highest BCUT2D eigenvalue weighted by atomic mass is 16.3. The van der Waals surface area contributed by atoms with Crippen molar-refractivity contribution in [1.29, 1.82) is 0 Å². The second-order valence-electron chi connectivity index (χ2n) is 5.68. The highest BCUT2D eigenvalue weighted by molar-refractivity contribution is 5.99. The molecule has 0 radical (unpaired) electrons. The predicted octanol–water partition coefficient (Wildman–Crippen LogP) is 0.486. The molecule has 126 valence electrons. The van der Waals surface area contributed by atoms with Crippen LogP contribution in [0.5, 0.6) is 0 Å². The highest BCUT2D eigenvalue weighted by Crippen LogP contribution is 2.11. The number of carbonyl (C=O) groups is 1. The van der Waals surface area contributed by atoms with Crippen molar-refractivity contribution < 1.29 is 9.90 Å². The van der Waals surface area contributed by atoms with Crippen LogP contribution in [-0.4, -0.2) is 54.5 Å². The molecule has 0 aromatic heterocycles. The van der Waals surface area contributed by atoms with E-state index in [9.17, 15) is 4.79 Å². The molecule has 0 unspecified atom stereocenters. The maximum Gasteiger partial charge on any atom is 0.248 e. The molecule has 0 fully saturated rings. The van der Waals surface area contributed by atoms with Gasteiger partial charge >= 0.3 is 0 Å². The summed E-state index contributed by atoms with van der Waals surface area (Å²) >= 11 is 0. The molecule has 0 saturated carbocycles. The first-order chi connectivity index (χ1) is 11.2. The summed E-state index contributed by atoms with van der Waals surface area (Å²) in [4.78, 5) is 18.0. The minimum Gasteiger partial charge on any atom is -0.387 e. The highest BCUT2D eigenvalue weighted by Gasteiger charge is 2.13. The molecule has 1 aliphatic heterocycles. The van der Waals surface area contributed by atoms with Crippen molar-refractivity contribution >= 4 is 11.7 Å². The Kier molecular flexibility index (Phi) is 7.03. The van der Waals surface area contributed by atoms with Gasteiger partial charge in [0.2, 0.25) is 5.91 Å². The average Bonchev–Trinajstić information content (AvgIpc) is 3.12. The monoisotopic (exact) mass is 318 g/mol. The second-order valence-corrected chi connectivity index (χ2v) is 5.68. The Balaban J connectivity index is 1.93. The molecule has 0 atom stereocenters. The van der Waals surface area contributed by atoms with Gasteiger partial charge in [-0.2, -0.15) is 0 Å². The molecule has 1 aliphatic rings. The molecule has 2 rings (SSSR count). The summed E-state index contributed by atoms with van der Waals surface area (Å²) in [5, 5.41) is 12.4. The quantitative estimate of drug-likeness (QED) is 0.578. The van der Waals surface area contributed by atoms with Crippen molar-refractivity contribution in [3.63, 3.8) is 0 Å². The van der Waals surface area contributed by atoms with Gasteiger partial charge in [0.05, 0.1) is 6.54 Å². The van der Waals surface area contributed by atoms with Gasteiger partial charge in [0.1, 0.15) is 12.4 Å². The van der Waals surface area contributed by atoms with Crippen molar-refractivity contribution in [1.82, 2.24) is 10.2 Å². The topological polar surface area (TPSA) is 91.0 Å². The first-order valence-corrected chi connectivity index (χ1v) is 8.21. The van der Waals surface area contributed by atoms with Gasteiger partial charge in [0.15, 0.2) is 0 Å². The third-order valence-electron chi connectivity index (χ3n) is 3.90. The minimum absolute atomic E-state index is 0.233. The molecule has 0 aliphatic carbocycles. The molecule has 4 N–H and O–H groups in total. The fourth-order valence-corrected chi connectivity index (χ4v) is 2.60. The van der Waals surface area contributed by atoms with Crippen LogP contribution in [0.4, 0.5) is 0 Å². The van der Waals surface area contributed by atoms with Crippen LogP contribution in [0.15, 0.2) is 29.3 Å². The number of rotatable bonds is 9. The van der Waals surface area contributed by atoms with Crippen LogP contribution in [0.3, 0.4) is 0 Å². The van der Waals surface area contributed by atoms with Gasteiger partial charge < -0.3 is 21.1 Å². The smallest absolute Gasteiger partial charge is 0.248 e. The molecule has 1 aromatic carbocycles. The van der Waals surface area contributed by atoms with Gasteiger partial charge in [-0.1, -0.05) is 30.7 Å². The number of nitrogens with one attached hydrogen (secondary N) is 1. The van der Waals surface area contributed by atoms with E-state index in [1.165, 1.54) is 0 Å². The molecule has 0 saturated heterocycles. The maximum atomic E-state index is 11.9. The fraction of sp³-hybridized carbons (Fsp3) is 0.529. The lowest BCUT2D eigenvalue weighted by molar-refractivity contribution is -0.134. The molecule has 1 aromatic rings. The summed E-state index contributed by atoms with van der Waals surface area (Å²) in [6.07, 6.45) is 2.86. The molecule has 0 bridgehead atoms. The predicted molar refractivity (Wildman–Crippen MR) is 91.3 cm³/mol. The van der Waals surface area contributed by atoms with E-state index >= 15 is 0 Å². The van der Waals surface area contributed by atoms with E-state index < -0.39 is 6.61 Å². The summed E-state index contributed by atoms with van der Waals surface area (Å²) < 4.78 is 0. The zero-order chi connectivity index (χ0) is 16.5. The zero-order valence-electron chi connectivity index (χ0n) is 13.5. The molecular formula is C17H26N4O2. The lowest BCUT2D eigenvalue weighted by Gasteiger charge is -2.22. The Labute approximate surface area is 137 Å². The van der Waals surface area contributed by atoms with Crippen LogP contribution in [0.25, 0.3) is 0 Å². The average molecular weight is 318 g/mol. The van der Waals surface area contributed by atoms with Crippen LogP contribution in [0, 0.1) is 0 Å². The van der Waals surface area contributed by atoms with Gasteiger partial charge in [-0.25, -0.2) is 0 Å². The fourth-order valence-electron chi connectivity index (χ4n) is 2.60. The van der Waals surface area contributed by atoms with Crippen molar-refractivity contribution in [3.05, 3.63) is 35.4 Å².